The van der Waals surface area contributed by atoms with E-state index in [0.29, 0.717) is 11.5 Å². The van der Waals surface area contributed by atoms with Gasteiger partial charge in [0.05, 0.1) is 17.1 Å². The Bertz CT molecular complexity index is 859. The first kappa shape index (κ1) is 14.0. The molecule has 0 spiro atoms. The summed E-state index contributed by atoms with van der Waals surface area (Å²) in [4.78, 5) is 2.02. The van der Waals surface area contributed by atoms with Crippen LogP contribution in [-0.4, -0.2) is 10.2 Å². The number of fused-ring (bicyclic) bond motifs is 2. The Balaban J connectivity index is 2.00. The maximum atomic E-state index is 9.75. The van der Waals surface area contributed by atoms with Crippen molar-refractivity contribution < 1.29 is 14.9 Å². The van der Waals surface area contributed by atoms with E-state index in [9.17, 15) is 10.2 Å². The minimum Gasteiger partial charge on any atom is -0.508 e. The van der Waals surface area contributed by atoms with Crippen LogP contribution in [0.5, 0.6) is 23.0 Å². The van der Waals surface area contributed by atoms with Crippen LogP contribution in [0.4, 0.5) is 17.1 Å². The first-order valence-electron chi connectivity index (χ1n) is 7.02. The molecule has 1 aliphatic rings. The van der Waals surface area contributed by atoms with Gasteiger partial charge in [0.25, 0.3) is 0 Å². The fourth-order valence-electron chi connectivity index (χ4n) is 2.68. The van der Waals surface area contributed by atoms with E-state index < -0.39 is 0 Å². The third kappa shape index (κ3) is 2.29. The van der Waals surface area contributed by atoms with Gasteiger partial charge >= 0.3 is 0 Å². The molecule has 0 unspecified atom stereocenters. The average molecular weight is 370 g/mol. The van der Waals surface area contributed by atoms with Crippen LogP contribution >= 0.6 is 15.9 Å². The van der Waals surface area contributed by atoms with Crippen LogP contribution in [0.1, 0.15) is 0 Å². The third-order valence-electron chi connectivity index (χ3n) is 3.68. The molecule has 3 aromatic carbocycles. The van der Waals surface area contributed by atoms with Crippen LogP contribution in [0.25, 0.3) is 0 Å². The summed E-state index contributed by atoms with van der Waals surface area (Å²) in [5.74, 6) is 1.30. The van der Waals surface area contributed by atoms with E-state index in [1.54, 1.807) is 36.4 Å². The molecule has 5 heteroatoms. The number of hydrogen-bond acceptors (Lipinski definition) is 4. The number of phenols is 2. The molecule has 4 rings (SSSR count). The SMILES string of the molecule is Oc1ccc2c(c1)Oc1cc(O)ccc1N2c1ccccc1Br. The lowest BCUT2D eigenvalue weighted by molar-refractivity contribution is 0.443. The summed E-state index contributed by atoms with van der Waals surface area (Å²) < 4.78 is 6.78. The number of halogens is 1. The van der Waals surface area contributed by atoms with E-state index in [-0.39, 0.29) is 11.5 Å². The van der Waals surface area contributed by atoms with Crippen LogP contribution in [0, 0.1) is 0 Å². The Hall–Kier alpha value is -2.66. The number of hydrogen-bond donors (Lipinski definition) is 2. The summed E-state index contributed by atoms with van der Waals surface area (Å²) in [6.07, 6.45) is 0. The molecule has 1 aliphatic heterocycles. The number of benzene rings is 3. The maximum Gasteiger partial charge on any atom is 0.155 e. The zero-order chi connectivity index (χ0) is 16.0. The minimum atomic E-state index is 0.124. The summed E-state index contributed by atoms with van der Waals surface area (Å²) >= 11 is 3.58. The minimum absolute atomic E-state index is 0.124. The molecule has 0 saturated heterocycles. The van der Waals surface area contributed by atoms with Crippen LogP contribution < -0.4 is 9.64 Å². The zero-order valence-electron chi connectivity index (χ0n) is 11.9. The quantitative estimate of drug-likeness (QED) is 0.469. The Morgan fingerprint density at radius 1 is 0.739 bits per heavy atom. The Labute approximate surface area is 141 Å². The van der Waals surface area contributed by atoms with Gasteiger partial charge in [0, 0.05) is 16.6 Å². The molecular weight excluding hydrogens is 358 g/mol. The normalized spacial score (nSPS) is 12.3. The van der Waals surface area contributed by atoms with Crippen molar-refractivity contribution in [1.82, 2.24) is 0 Å². The molecule has 0 saturated carbocycles. The van der Waals surface area contributed by atoms with Gasteiger partial charge < -0.3 is 19.8 Å². The van der Waals surface area contributed by atoms with E-state index in [4.69, 9.17) is 4.74 Å². The van der Waals surface area contributed by atoms with Gasteiger partial charge in [0.2, 0.25) is 0 Å². The standard InChI is InChI=1S/C18H12BrNO3/c19-13-3-1-2-4-14(13)20-15-7-5-11(21)9-17(15)23-18-10-12(22)6-8-16(18)20/h1-10,21-22H. The molecule has 0 atom stereocenters. The number of aromatic hydroxyl groups is 2. The van der Waals surface area contributed by atoms with Crippen molar-refractivity contribution in [2.75, 3.05) is 4.90 Å². The predicted molar refractivity (Wildman–Crippen MR) is 92.2 cm³/mol. The van der Waals surface area contributed by atoms with Crippen LogP contribution in [0.2, 0.25) is 0 Å². The molecule has 114 valence electrons. The first-order chi connectivity index (χ1) is 11.1. The molecule has 0 amide bonds. The molecule has 0 fully saturated rings. The fourth-order valence-corrected chi connectivity index (χ4v) is 3.14. The van der Waals surface area contributed by atoms with Crippen molar-refractivity contribution in [3.63, 3.8) is 0 Å². The van der Waals surface area contributed by atoms with E-state index in [0.717, 1.165) is 21.5 Å². The van der Waals surface area contributed by atoms with E-state index >= 15 is 0 Å². The molecule has 0 radical (unpaired) electrons. The second-order valence-corrected chi connectivity index (χ2v) is 6.05. The molecule has 1 heterocycles. The number of phenolic OH excluding ortho intramolecular Hbond substituents is 2. The number of para-hydroxylation sites is 1. The molecule has 3 aromatic rings. The topological polar surface area (TPSA) is 52.9 Å². The van der Waals surface area contributed by atoms with Crippen LogP contribution in [0.3, 0.4) is 0 Å². The summed E-state index contributed by atoms with van der Waals surface area (Å²) in [7, 11) is 0. The van der Waals surface area contributed by atoms with Crippen molar-refractivity contribution in [1.29, 1.82) is 0 Å². The average Bonchev–Trinajstić information content (AvgIpc) is 2.53. The zero-order valence-corrected chi connectivity index (χ0v) is 13.5. The number of ether oxygens (including phenoxy) is 1. The number of anilines is 3. The summed E-state index contributed by atoms with van der Waals surface area (Å²) in [5, 5.41) is 19.5. The molecule has 0 aromatic heterocycles. The van der Waals surface area contributed by atoms with E-state index in [1.807, 2.05) is 29.2 Å². The van der Waals surface area contributed by atoms with Crippen LogP contribution in [0.15, 0.2) is 65.1 Å². The number of rotatable bonds is 1. The molecular formula is C18H12BrNO3. The van der Waals surface area contributed by atoms with Gasteiger partial charge in [-0.1, -0.05) is 12.1 Å². The van der Waals surface area contributed by atoms with Crippen molar-refractivity contribution in [3.05, 3.63) is 65.1 Å². The number of nitrogens with zero attached hydrogens (tertiary/aromatic N) is 1. The van der Waals surface area contributed by atoms with Gasteiger partial charge in [-0.3, -0.25) is 0 Å². The van der Waals surface area contributed by atoms with Gasteiger partial charge in [-0.25, -0.2) is 0 Å². The van der Waals surface area contributed by atoms with Gasteiger partial charge in [0.1, 0.15) is 11.5 Å². The lowest BCUT2D eigenvalue weighted by Crippen LogP contribution is -2.16. The fraction of sp³-hybridized carbons (Fsp3) is 0. The molecule has 0 bridgehead atoms. The Morgan fingerprint density at radius 2 is 1.30 bits per heavy atom. The largest absolute Gasteiger partial charge is 0.508 e. The summed E-state index contributed by atoms with van der Waals surface area (Å²) in [6.45, 7) is 0. The highest BCUT2D eigenvalue weighted by atomic mass is 79.9. The lowest BCUT2D eigenvalue weighted by Gasteiger charge is -2.33. The lowest BCUT2D eigenvalue weighted by atomic mass is 10.1. The van der Waals surface area contributed by atoms with Crippen molar-refractivity contribution in [3.8, 4) is 23.0 Å². The highest BCUT2D eigenvalue weighted by Crippen LogP contribution is 2.53. The molecule has 4 nitrogen and oxygen atoms in total. The smallest absolute Gasteiger partial charge is 0.155 e. The van der Waals surface area contributed by atoms with Gasteiger partial charge in [-0.15, -0.1) is 0 Å². The predicted octanol–water partition coefficient (Wildman–Crippen LogP) is 5.44. The Morgan fingerprint density at radius 3 is 1.87 bits per heavy atom. The molecule has 2 N–H and O–H groups in total. The van der Waals surface area contributed by atoms with Crippen molar-refractivity contribution in [2.24, 2.45) is 0 Å². The highest BCUT2D eigenvalue weighted by molar-refractivity contribution is 9.10. The van der Waals surface area contributed by atoms with E-state index in [2.05, 4.69) is 15.9 Å². The third-order valence-corrected chi connectivity index (χ3v) is 4.35. The summed E-state index contributed by atoms with van der Waals surface area (Å²) in [6, 6.07) is 17.8. The van der Waals surface area contributed by atoms with Gasteiger partial charge in [-0.2, -0.15) is 0 Å². The first-order valence-corrected chi connectivity index (χ1v) is 7.81. The second-order valence-electron chi connectivity index (χ2n) is 5.19. The molecule has 23 heavy (non-hydrogen) atoms. The van der Waals surface area contributed by atoms with Crippen molar-refractivity contribution in [2.45, 2.75) is 0 Å². The monoisotopic (exact) mass is 369 g/mol. The Kier molecular flexibility index (Phi) is 3.16. The second kappa shape index (κ2) is 5.21. The van der Waals surface area contributed by atoms with Gasteiger partial charge in [-0.05, 0) is 52.3 Å². The summed E-state index contributed by atoms with van der Waals surface area (Å²) in [5.41, 5.74) is 2.57. The van der Waals surface area contributed by atoms with Gasteiger partial charge in [0.15, 0.2) is 11.5 Å². The van der Waals surface area contributed by atoms with Crippen molar-refractivity contribution >= 4 is 33.0 Å². The molecule has 0 aliphatic carbocycles. The van der Waals surface area contributed by atoms with Crippen LogP contribution in [-0.2, 0) is 0 Å². The highest BCUT2D eigenvalue weighted by Gasteiger charge is 2.27. The maximum absolute atomic E-state index is 9.75. The van der Waals surface area contributed by atoms with E-state index in [1.165, 1.54) is 0 Å².